The first kappa shape index (κ1) is 8.69. The summed E-state index contributed by atoms with van der Waals surface area (Å²) in [6, 6.07) is 4.59. The van der Waals surface area contributed by atoms with Crippen LogP contribution in [0.3, 0.4) is 0 Å². The second kappa shape index (κ2) is 2.94. The van der Waals surface area contributed by atoms with E-state index < -0.39 is 0 Å². The molecule has 0 aliphatic heterocycles. The summed E-state index contributed by atoms with van der Waals surface area (Å²) in [5, 5.41) is 4.46. The highest BCUT2D eigenvalue weighted by Crippen LogP contribution is 2.47. The Morgan fingerprint density at radius 2 is 1.29 bits per heavy atom. The molecule has 0 N–H and O–H groups in total. The molecule has 72 valence electrons. The molecule has 0 saturated carbocycles. The highest BCUT2D eigenvalue weighted by Gasteiger charge is 2.28. The second-order valence-electron chi connectivity index (χ2n) is 3.92. The Kier molecular flexibility index (Phi) is 1.83. The molecule has 0 nitrogen and oxygen atoms in total. The molecule has 0 bridgehead atoms. The predicted molar refractivity (Wildman–Crippen MR) is 63.7 cm³/mol. The fourth-order valence-corrected chi connectivity index (χ4v) is 4.51. The molecular formula is C12H12S2. The third-order valence-electron chi connectivity index (χ3n) is 3.17. The van der Waals surface area contributed by atoms with Gasteiger partial charge in [-0.2, -0.15) is 0 Å². The predicted octanol–water partition coefficient (Wildman–Crippen LogP) is 4.43. The van der Waals surface area contributed by atoms with E-state index in [9.17, 15) is 0 Å². The molecule has 1 aliphatic rings. The van der Waals surface area contributed by atoms with Gasteiger partial charge in [-0.1, -0.05) is 13.8 Å². The van der Waals surface area contributed by atoms with Gasteiger partial charge in [-0.05, 0) is 34.0 Å². The molecule has 0 spiro atoms. The lowest BCUT2D eigenvalue weighted by Crippen LogP contribution is -2.09. The monoisotopic (exact) mass is 220 g/mol. The summed E-state index contributed by atoms with van der Waals surface area (Å²) in [5.74, 6) is 1.23. The van der Waals surface area contributed by atoms with Crippen LogP contribution in [0.25, 0.3) is 0 Å². The summed E-state index contributed by atoms with van der Waals surface area (Å²) in [4.78, 5) is 3.15. The zero-order chi connectivity index (χ0) is 9.71. The van der Waals surface area contributed by atoms with Crippen molar-refractivity contribution in [2.24, 2.45) is 0 Å². The minimum atomic E-state index is 0.613. The van der Waals surface area contributed by atoms with Gasteiger partial charge in [-0.25, -0.2) is 0 Å². The summed E-state index contributed by atoms with van der Waals surface area (Å²) >= 11 is 3.82. The van der Waals surface area contributed by atoms with Crippen molar-refractivity contribution >= 4 is 22.7 Å². The van der Waals surface area contributed by atoms with Gasteiger partial charge in [0, 0.05) is 21.6 Å². The van der Waals surface area contributed by atoms with Crippen LogP contribution in [0.4, 0.5) is 0 Å². The van der Waals surface area contributed by atoms with Crippen molar-refractivity contribution in [3.63, 3.8) is 0 Å². The molecule has 14 heavy (non-hydrogen) atoms. The van der Waals surface area contributed by atoms with E-state index in [1.165, 1.54) is 0 Å². The summed E-state index contributed by atoms with van der Waals surface area (Å²) in [6.07, 6.45) is 0. The molecule has 0 saturated heterocycles. The molecule has 2 atom stereocenters. The van der Waals surface area contributed by atoms with Crippen molar-refractivity contribution in [1.82, 2.24) is 0 Å². The molecule has 2 heterocycles. The molecule has 0 aromatic carbocycles. The zero-order valence-electron chi connectivity index (χ0n) is 8.28. The third-order valence-corrected chi connectivity index (χ3v) is 5.40. The summed E-state index contributed by atoms with van der Waals surface area (Å²) in [5.41, 5.74) is 3.11. The van der Waals surface area contributed by atoms with E-state index in [1.807, 2.05) is 22.7 Å². The SMILES string of the molecule is CC1c2ccsc2C(C)c2ccsc21. The first-order valence-corrected chi connectivity index (χ1v) is 6.69. The average Bonchev–Trinajstić information content (AvgIpc) is 2.82. The van der Waals surface area contributed by atoms with Crippen molar-refractivity contribution in [1.29, 1.82) is 0 Å². The van der Waals surface area contributed by atoms with Crippen LogP contribution in [0.2, 0.25) is 0 Å². The lowest BCUT2D eigenvalue weighted by Gasteiger charge is -2.24. The van der Waals surface area contributed by atoms with Crippen molar-refractivity contribution in [3.05, 3.63) is 43.8 Å². The van der Waals surface area contributed by atoms with Gasteiger partial charge in [-0.3, -0.25) is 0 Å². The van der Waals surface area contributed by atoms with Crippen LogP contribution in [-0.4, -0.2) is 0 Å². The van der Waals surface area contributed by atoms with Crippen LogP contribution in [0.5, 0.6) is 0 Å². The summed E-state index contributed by atoms with van der Waals surface area (Å²) < 4.78 is 0. The Bertz CT molecular complexity index is 383. The maximum absolute atomic E-state index is 2.33. The van der Waals surface area contributed by atoms with Gasteiger partial charge in [-0.15, -0.1) is 22.7 Å². The van der Waals surface area contributed by atoms with Crippen molar-refractivity contribution in [2.75, 3.05) is 0 Å². The molecule has 1 aliphatic carbocycles. The standard InChI is InChI=1S/C12H12S2/c1-7-9-3-5-14-12(9)8(2)10-4-6-13-11(7)10/h3-8H,1-2H3. The number of rotatable bonds is 0. The molecule has 0 fully saturated rings. The Balaban J connectivity index is 2.26. The highest BCUT2D eigenvalue weighted by molar-refractivity contribution is 7.11. The normalized spacial score (nSPS) is 24.4. The minimum Gasteiger partial charge on any atom is -0.148 e. The Morgan fingerprint density at radius 1 is 0.857 bits per heavy atom. The average molecular weight is 220 g/mol. The first-order chi connectivity index (χ1) is 6.79. The topological polar surface area (TPSA) is 0 Å². The maximum Gasteiger partial charge on any atom is 0.0169 e. The van der Waals surface area contributed by atoms with E-state index in [2.05, 4.69) is 36.7 Å². The molecule has 2 aromatic rings. The van der Waals surface area contributed by atoms with Gasteiger partial charge in [0.2, 0.25) is 0 Å². The van der Waals surface area contributed by atoms with Crippen LogP contribution in [0, 0.1) is 0 Å². The van der Waals surface area contributed by atoms with Crippen LogP contribution < -0.4 is 0 Å². The smallest absolute Gasteiger partial charge is 0.0169 e. The van der Waals surface area contributed by atoms with Crippen LogP contribution in [0.15, 0.2) is 22.9 Å². The number of thiophene rings is 2. The summed E-state index contributed by atoms with van der Waals surface area (Å²) in [7, 11) is 0. The largest absolute Gasteiger partial charge is 0.148 e. The quantitative estimate of drug-likeness (QED) is 0.616. The molecule has 0 amide bonds. The van der Waals surface area contributed by atoms with Crippen molar-refractivity contribution in [3.8, 4) is 0 Å². The minimum absolute atomic E-state index is 0.613. The molecule has 2 heteroatoms. The molecule has 2 aromatic heterocycles. The van der Waals surface area contributed by atoms with Crippen LogP contribution in [0.1, 0.15) is 46.6 Å². The molecular weight excluding hydrogens is 208 g/mol. The number of hydrogen-bond acceptors (Lipinski definition) is 2. The second-order valence-corrected chi connectivity index (χ2v) is 5.82. The zero-order valence-corrected chi connectivity index (χ0v) is 9.91. The van der Waals surface area contributed by atoms with Gasteiger partial charge in [0.15, 0.2) is 0 Å². The van der Waals surface area contributed by atoms with Crippen LogP contribution >= 0.6 is 22.7 Å². The summed E-state index contributed by atoms with van der Waals surface area (Å²) in [6.45, 7) is 4.65. The molecule has 0 radical (unpaired) electrons. The van der Waals surface area contributed by atoms with Crippen molar-refractivity contribution in [2.45, 2.75) is 25.7 Å². The first-order valence-electron chi connectivity index (χ1n) is 4.93. The maximum atomic E-state index is 2.33. The molecule has 2 unspecified atom stereocenters. The van der Waals surface area contributed by atoms with Gasteiger partial charge in [0.1, 0.15) is 0 Å². The third kappa shape index (κ3) is 0.984. The van der Waals surface area contributed by atoms with E-state index in [-0.39, 0.29) is 0 Å². The lowest BCUT2D eigenvalue weighted by molar-refractivity contribution is 0.809. The number of fused-ring (bicyclic) bond motifs is 2. The van der Waals surface area contributed by atoms with E-state index in [1.54, 1.807) is 20.9 Å². The van der Waals surface area contributed by atoms with Crippen molar-refractivity contribution < 1.29 is 0 Å². The fourth-order valence-electron chi connectivity index (χ4n) is 2.36. The van der Waals surface area contributed by atoms with E-state index in [0.717, 1.165) is 0 Å². The van der Waals surface area contributed by atoms with Gasteiger partial charge < -0.3 is 0 Å². The van der Waals surface area contributed by atoms with Gasteiger partial charge in [0.25, 0.3) is 0 Å². The molecule has 3 rings (SSSR count). The van der Waals surface area contributed by atoms with E-state index >= 15 is 0 Å². The Morgan fingerprint density at radius 3 is 1.71 bits per heavy atom. The van der Waals surface area contributed by atoms with Gasteiger partial charge in [0.05, 0.1) is 0 Å². The van der Waals surface area contributed by atoms with Crippen LogP contribution in [-0.2, 0) is 0 Å². The highest BCUT2D eigenvalue weighted by atomic mass is 32.1. The fraction of sp³-hybridized carbons (Fsp3) is 0.333. The number of hydrogen-bond donors (Lipinski definition) is 0. The Hall–Kier alpha value is -0.600. The lowest BCUT2D eigenvalue weighted by atomic mass is 9.83. The van der Waals surface area contributed by atoms with E-state index in [0.29, 0.717) is 11.8 Å². The Labute approximate surface area is 92.2 Å². The van der Waals surface area contributed by atoms with Gasteiger partial charge >= 0.3 is 0 Å². The van der Waals surface area contributed by atoms with E-state index in [4.69, 9.17) is 0 Å².